The Labute approximate surface area is 126 Å². The predicted molar refractivity (Wildman–Crippen MR) is 86.1 cm³/mol. The Morgan fingerprint density at radius 3 is 2.29 bits per heavy atom. The molecule has 0 saturated heterocycles. The van der Waals surface area contributed by atoms with Crippen LogP contribution < -0.4 is 4.74 Å². The third-order valence-corrected chi connectivity index (χ3v) is 3.43. The van der Waals surface area contributed by atoms with Crippen LogP contribution in [0, 0.1) is 6.92 Å². The van der Waals surface area contributed by atoms with E-state index < -0.39 is 0 Å². The van der Waals surface area contributed by atoms with Gasteiger partial charge in [-0.05, 0) is 36.1 Å². The van der Waals surface area contributed by atoms with Crippen molar-refractivity contribution in [3.8, 4) is 5.75 Å². The monoisotopic (exact) mass is 282 g/mol. The Kier molecular flexibility index (Phi) is 4.46. The summed E-state index contributed by atoms with van der Waals surface area (Å²) in [6, 6.07) is 15.5. The Bertz CT molecular complexity index is 619. The number of aryl methyl sites for hydroxylation is 1. The lowest BCUT2D eigenvalue weighted by atomic mass is 9.87. The fourth-order valence-electron chi connectivity index (χ4n) is 2.10. The van der Waals surface area contributed by atoms with E-state index in [-0.39, 0.29) is 17.8 Å². The van der Waals surface area contributed by atoms with Gasteiger partial charge < -0.3 is 4.74 Å². The molecule has 2 nitrogen and oxygen atoms in total. The smallest absolute Gasteiger partial charge is 0.200 e. The molecule has 0 saturated carbocycles. The normalized spacial score (nSPS) is 11.2. The molecule has 0 unspecified atom stereocenters. The maximum atomic E-state index is 12.1. The minimum atomic E-state index is -0.00130. The Hall–Kier alpha value is -2.09. The lowest BCUT2D eigenvalue weighted by molar-refractivity contribution is 0.0921. The predicted octanol–water partition coefficient (Wildman–Crippen LogP) is 4.55. The largest absolute Gasteiger partial charge is 0.485 e. The third kappa shape index (κ3) is 4.19. The molecule has 0 amide bonds. The zero-order chi connectivity index (χ0) is 15.5. The van der Waals surface area contributed by atoms with E-state index in [4.69, 9.17) is 4.74 Å². The van der Waals surface area contributed by atoms with E-state index >= 15 is 0 Å². The summed E-state index contributed by atoms with van der Waals surface area (Å²) < 4.78 is 5.58. The first kappa shape index (κ1) is 15.3. The van der Waals surface area contributed by atoms with Gasteiger partial charge in [0.05, 0.1) is 0 Å². The molecule has 0 spiro atoms. The molecule has 0 aliphatic rings. The van der Waals surface area contributed by atoms with Crippen molar-refractivity contribution in [1.29, 1.82) is 0 Å². The number of Topliss-reactive ketones (excluding diaryl/α,β-unsaturated/α-hetero) is 1. The van der Waals surface area contributed by atoms with Gasteiger partial charge in [0.2, 0.25) is 0 Å². The van der Waals surface area contributed by atoms with Crippen molar-refractivity contribution in [2.75, 3.05) is 6.61 Å². The van der Waals surface area contributed by atoms with Crippen molar-refractivity contribution in [2.45, 2.75) is 33.1 Å². The summed E-state index contributed by atoms with van der Waals surface area (Å²) in [5.41, 5.74) is 3.15. The Balaban J connectivity index is 1.98. The molecule has 2 aromatic carbocycles. The quantitative estimate of drug-likeness (QED) is 0.769. The molecule has 2 aromatic rings. The molecule has 0 N–H and O–H groups in total. The summed E-state index contributed by atoms with van der Waals surface area (Å²) in [4.78, 5) is 12.1. The Morgan fingerprint density at radius 1 is 1.05 bits per heavy atom. The van der Waals surface area contributed by atoms with Gasteiger partial charge in [0, 0.05) is 5.56 Å². The van der Waals surface area contributed by atoms with E-state index in [1.807, 2.05) is 55.5 Å². The van der Waals surface area contributed by atoms with Crippen molar-refractivity contribution in [1.82, 2.24) is 0 Å². The van der Waals surface area contributed by atoms with Gasteiger partial charge in [-0.2, -0.15) is 0 Å². The second kappa shape index (κ2) is 6.13. The van der Waals surface area contributed by atoms with Crippen molar-refractivity contribution >= 4 is 5.78 Å². The molecular weight excluding hydrogens is 260 g/mol. The summed E-state index contributed by atoms with van der Waals surface area (Å²) in [6.07, 6.45) is 0. The number of ether oxygens (including phenoxy) is 1. The van der Waals surface area contributed by atoms with E-state index in [0.717, 1.165) is 11.3 Å². The lowest BCUT2D eigenvalue weighted by Crippen LogP contribution is -2.13. The molecular formula is C19H22O2. The second-order valence-corrected chi connectivity index (χ2v) is 6.36. The molecule has 0 aliphatic carbocycles. The average molecular weight is 282 g/mol. The molecule has 0 heterocycles. The number of ketones is 1. The van der Waals surface area contributed by atoms with Crippen LogP contribution in [0.1, 0.15) is 42.3 Å². The number of benzene rings is 2. The van der Waals surface area contributed by atoms with Crippen molar-refractivity contribution in [2.24, 2.45) is 0 Å². The fourth-order valence-corrected chi connectivity index (χ4v) is 2.10. The van der Waals surface area contributed by atoms with Crippen LogP contribution in [-0.2, 0) is 5.41 Å². The minimum absolute atomic E-state index is 0.00130. The number of rotatable bonds is 4. The van der Waals surface area contributed by atoms with Crippen molar-refractivity contribution in [3.63, 3.8) is 0 Å². The molecule has 0 aromatic heterocycles. The van der Waals surface area contributed by atoms with Crippen LogP contribution in [0.4, 0.5) is 0 Å². The number of carbonyl (C=O) groups is 1. The fraction of sp³-hybridized carbons (Fsp3) is 0.316. The van der Waals surface area contributed by atoms with Crippen LogP contribution in [0.5, 0.6) is 5.75 Å². The first-order valence-corrected chi connectivity index (χ1v) is 7.19. The summed E-state index contributed by atoms with van der Waals surface area (Å²) in [7, 11) is 0. The van der Waals surface area contributed by atoms with Crippen LogP contribution in [0.25, 0.3) is 0 Å². The van der Waals surface area contributed by atoms with E-state index in [1.165, 1.54) is 5.56 Å². The molecule has 0 bridgehead atoms. The molecule has 0 radical (unpaired) electrons. The van der Waals surface area contributed by atoms with Crippen LogP contribution in [-0.4, -0.2) is 12.4 Å². The summed E-state index contributed by atoms with van der Waals surface area (Å²) in [5.74, 6) is 0.725. The van der Waals surface area contributed by atoms with Crippen LogP contribution in [0.2, 0.25) is 0 Å². The van der Waals surface area contributed by atoms with Crippen molar-refractivity contribution < 1.29 is 9.53 Å². The number of hydrogen-bond donors (Lipinski definition) is 0. The molecule has 2 heteroatoms. The van der Waals surface area contributed by atoms with Gasteiger partial charge in [0.15, 0.2) is 12.4 Å². The number of carbonyl (C=O) groups excluding carboxylic acids is 1. The van der Waals surface area contributed by atoms with Crippen LogP contribution in [0.3, 0.4) is 0 Å². The van der Waals surface area contributed by atoms with E-state index in [1.54, 1.807) is 0 Å². The van der Waals surface area contributed by atoms with Gasteiger partial charge in [-0.15, -0.1) is 0 Å². The first-order valence-electron chi connectivity index (χ1n) is 7.19. The van der Waals surface area contributed by atoms with Crippen LogP contribution in [0.15, 0.2) is 48.5 Å². The SMILES string of the molecule is Cc1cccc(C(=O)COc2ccc(C(C)(C)C)cc2)c1. The first-order chi connectivity index (χ1) is 9.86. The van der Waals surface area contributed by atoms with Crippen LogP contribution >= 0.6 is 0 Å². The summed E-state index contributed by atoms with van der Waals surface area (Å²) in [5, 5.41) is 0. The van der Waals surface area contributed by atoms with E-state index in [0.29, 0.717) is 5.56 Å². The third-order valence-electron chi connectivity index (χ3n) is 3.43. The maximum Gasteiger partial charge on any atom is 0.200 e. The molecule has 110 valence electrons. The van der Waals surface area contributed by atoms with E-state index in [9.17, 15) is 4.79 Å². The molecule has 0 fully saturated rings. The van der Waals surface area contributed by atoms with Crippen molar-refractivity contribution in [3.05, 3.63) is 65.2 Å². The molecule has 0 aliphatic heterocycles. The van der Waals surface area contributed by atoms with E-state index in [2.05, 4.69) is 20.8 Å². The summed E-state index contributed by atoms with van der Waals surface area (Å²) in [6.45, 7) is 8.56. The van der Waals surface area contributed by atoms with Gasteiger partial charge in [0.1, 0.15) is 5.75 Å². The Morgan fingerprint density at radius 2 is 1.71 bits per heavy atom. The van der Waals surface area contributed by atoms with Gasteiger partial charge in [0.25, 0.3) is 0 Å². The minimum Gasteiger partial charge on any atom is -0.485 e. The molecule has 2 rings (SSSR count). The van der Waals surface area contributed by atoms with Gasteiger partial charge in [-0.1, -0.05) is 56.7 Å². The summed E-state index contributed by atoms with van der Waals surface area (Å²) >= 11 is 0. The number of hydrogen-bond acceptors (Lipinski definition) is 2. The molecule has 21 heavy (non-hydrogen) atoms. The highest BCUT2D eigenvalue weighted by Crippen LogP contribution is 2.24. The average Bonchev–Trinajstić information content (AvgIpc) is 2.44. The van der Waals surface area contributed by atoms with Gasteiger partial charge >= 0.3 is 0 Å². The topological polar surface area (TPSA) is 26.3 Å². The van der Waals surface area contributed by atoms with Gasteiger partial charge in [-0.3, -0.25) is 4.79 Å². The highest BCUT2D eigenvalue weighted by Gasteiger charge is 2.13. The highest BCUT2D eigenvalue weighted by atomic mass is 16.5. The zero-order valence-corrected chi connectivity index (χ0v) is 13.1. The highest BCUT2D eigenvalue weighted by molar-refractivity contribution is 5.97. The van der Waals surface area contributed by atoms with Gasteiger partial charge in [-0.25, -0.2) is 0 Å². The lowest BCUT2D eigenvalue weighted by Gasteiger charge is -2.19. The zero-order valence-electron chi connectivity index (χ0n) is 13.1. The maximum absolute atomic E-state index is 12.1. The second-order valence-electron chi connectivity index (χ2n) is 6.36. The standard InChI is InChI=1S/C19H22O2/c1-14-6-5-7-15(12-14)18(20)13-21-17-10-8-16(9-11-17)19(2,3)4/h5-12H,13H2,1-4H3. The molecule has 0 atom stereocenters.